The molecule has 2 aromatic carbocycles. The lowest BCUT2D eigenvalue weighted by atomic mass is 10.1. The van der Waals surface area contributed by atoms with Gasteiger partial charge in [-0.15, -0.1) is 0 Å². The number of hydrogen-bond acceptors (Lipinski definition) is 8. The van der Waals surface area contributed by atoms with Crippen molar-refractivity contribution in [3.05, 3.63) is 83.9 Å². The first-order valence-electron chi connectivity index (χ1n) is 12.3. The second-order valence-electron chi connectivity index (χ2n) is 9.08. The van der Waals surface area contributed by atoms with Crippen molar-refractivity contribution < 1.29 is 18.8 Å². The molecular weight excluding hydrogens is 484 g/mol. The molecular formula is C28H28N6O4. The Labute approximate surface area is 220 Å². The Morgan fingerprint density at radius 2 is 1.84 bits per heavy atom. The zero-order chi connectivity index (χ0) is 26.5. The van der Waals surface area contributed by atoms with Crippen LogP contribution in [0.5, 0.6) is 5.75 Å². The Morgan fingerprint density at radius 3 is 2.53 bits per heavy atom. The highest BCUT2D eigenvalue weighted by Gasteiger charge is 2.31. The van der Waals surface area contributed by atoms with Crippen LogP contribution in [-0.4, -0.2) is 45.5 Å². The maximum atomic E-state index is 12.5. The van der Waals surface area contributed by atoms with Gasteiger partial charge in [-0.25, -0.2) is 4.98 Å². The van der Waals surface area contributed by atoms with E-state index in [1.807, 2.05) is 24.3 Å². The molecule has 0 spiro atoms. The van der Waals surface area contributed by atoms with Gasteiger partial charge < -0.3 is 19.9 Å². The zero-order valence-electron chi connectivity index (χ0n) is 21.2. The number of benzene rings is 2. The number of likely N-dealkylation sites (tertiary alicyclic amines) is 1. The topological polar surface area (TPSA) is 122 Å². The first-order valence-corrected chi connectivity index (χ1v) is 12.3. The predicted octanol–water partition coefficient (Wildman–Crippen LogP) is 4.69. The quantitative estimate of drug-likeness (QED) is 0.349. The predicted molar refractivity (Wildman–Crippen MR) is 142 cm³/mol. The van der Waals surface area contributed by atoms with Crippen LogP contribution in [0, 0.1) is 0 Å². The minimum atomic E-state index is -0.263. The summed E-state index contributed by atoms with van der Waals surface area (Å²) in [5, 5.41) is 9.74. The Morgan fingerprint density at radius 1 is 1.05 bits per heavy atom. The third kappa shape index (κ3) is 5.87. The summed E-state index contributed by atoms with van der Waals surface area (Å²) in [6.07, 6.45) is 3.58. The number of amides is 2. The summed E-state index contributed by atoms with van der Waals surface area (Å²) < 4.78 is 10.8. The van der Waals surface area contributed by atoms with E-state index in [1.54, 1.807) is 49.7 Å². The van der Waals surface area contributed by atoms with E-state index in [2.05, 4.69) is 30.7 Å². The van der Waals surface area contributed by atoms with Crippen LogP contribution in [-0.2, 0) is 11.3 Å². The normalized spacial score (nSPS) is 15.3. The molecule has 1 fully saturated rings. The second kappa shape index (κ2) is 11.2. The number of nitrogens with one attached hydrogen (secondary N) is 2. The van der Waals surface area contributed by atoms with Crippen molar-refractivity contribution in [1.82, 2.24) is 20.0 Å². The fourth-order valence-electron chi connectivity index (χ4n) is 4.45. The summed E-state index contributed by atoms with van der Waals surface area (Å²) in [6, 6.07) is 18.2. The van der Waals surface area contributed by atoms with Crippen LogP contribution < -0.4 is 15.4 Å². The first kappa shape index (κ1) is 25.1. The van der Waals surface area contributed by atoms with Gasteiger partial charge in [0, 0.05) is 36.5 Å². The molecule has 38 heavy (non-hydrogen) atoms. The van der Waals surface area contributed by atoms with Crippen LogP contribution in [0.15, 0.2) is 71.4 Å². The summed E-state index contributed by atoms with van der Waals surface area (Å²) in [6.45, 7) is 3.17. The Balaban J connectivity index is 1.22. The maximum Gasteiger partial charge on any atom is 0.256 e. The van der Waals surface area contributed by atoms with Crippen LogP contribution >= 0.6 is 0 Å². The summed E-state index contributed by atoms with van der Waals surface area (Å²) in [5.74, 6) is 1.77. The van der Waals surface area contributed by atoms with Gasteiger partial charge in [0.15, 0.2) is 0 Å². The van der Waals surface area contributed by atoms with E-state index in [9.17, 15) is 9.59 Å². The lowest BCUT2D eigenvalue weighted by Crippen LogP contribution is -2.23. The van der Waals surface area contributed by atoms with E-state index >= 15 is 0 Å². The van der Waals surface area contributed by atoms with Crippen LogP contribution in [0.25, 0.3) is 11.4 Å². The van der Waals surface area contributed by atoms with Gasteiger partial charge in [-0.3, -0.25) is 14.5 Å². The van der Waals surface area contributed by atoms with Crippen LogP contribution in [0.2, 0.25) is 0 Å². The standard InChI is InChI=1S/C28H28N6O4/c1-18(35)30-22-10-5-19(6-11-22)17-34-15-3-4-24(34)28-32-26(33-38-28)21-9-14-25(29-16-21)31-27(36)20-7-12-23(37-2)13-8-20/h5-14,16,24H,3-4,15,17H2,1-2H3,(H,30,35)(H,29,31,36). The Bertz CT molecular complexity index is 1400. The summed E-state index contributed by atoms with van der Waals surface area (Å²) >= 11 is 0. The fraction of sp³-hybridized carbons (Fsp3) is 0.250. The van der Waals surface area contributed by atoms with Gasteiger partial charge in [0.1, 0.15) is 11.6 Å². The van der Waals surface area contributed by atoms with Crippen molar-refractivity contribution in [2.24, 2.45) is 0 Å². The molecule has 0 saturated carbocycles. The molecule has 2 aromatic heterocycles. The van der Waals surface area contributed by atoms with E-state index in [-0.39, 0.29) is 17.9 Å². The molecule has 10 nitrogen and oxygen atoms in total. The van der Waals surface area contributed by atoms with Crippen molar-refractivity contribution in [1.29, 1.82) is 0 Å². The van der Waals surface area contributed by atoms with Gasteiger partial charge >= 0.3 is 0 Å². The number of nitrogens with zero attached hydrogens (tertiary/aromatic N) is 4. The molecule has 10 heteroatoms. The van der Waals surface area contributed by atoms with Gasteiger partial charge in [0.25, 0.3) is 5.91 Å². The number of anilines is 2. The van der Waals surface area contributed by atoms with Crippen molar-refractivity contribution in [3.8, 4) is 17.1 Å². The molecule has 1 aliphatic rings. The number of pyridine rings is 1. The summed E-state index contributed by atoms with van der Waals surface area (Å²) in [4.78, 5) is 35.0. The third-order valence-electron chi connectivity index (χ3n) is 6.37. The highest BCUT2D eigenvalue weighted by molar-refractivity contribution is 6.03. The molecule has 1 aliphatic heterocycles. The number of carbonyl (C=O) groups excluding carboxylic acids is 2. The first-order chi connectivity index (χ1) is 18.5. The van der Waals surface area contributed by atoms with Gasteiger partial charge in [-0.05, 0) is 73.5 Å². The minimum absolute atomic E-state index is 0.0299. The number of ether oxygens (including phenoxy) is 1. The van der Waals surface area contributed by atoms with E-state index in [0.717, 1.165) is 37.2 Å². The number of rotatable bonds is 8. The Kier molecular flexibility index (Phi) is 7.41. The van der Waals surface area contributed by atoms with Gasteiger partial charge in [-0.1, -0.05) is 17.3 Å². The molecule has 0 aliphatic carbocycles. The molecule has 1 atom stereocenters. The molecule has 194 valence electrons. The highest BCUT2D eigenvalue weighted by atomic mass is 16.5. The smallest absolute Gasteiger partial charge is 0.256 e. The fourth-order valence-corrected chi connectivity index (χ4v) is 4.45. The molecule has 1 saturated heterocycles. The number of carbonyl (C=O) groups is 2. The Hall–Kier alpha value is -4.57. The van der Waals surface area contributed by atoms with E-state index in [1.165, 1.54) is 6.92 Å². The molecule has 2 N–H and O–H groups in total. The lowest BCUT2D eigenvalue weighted by molar-refractivity contribution is -0.114. The minimum Gasteiger partial charge on any atom is -0.497 e. The molecule has 2 amide bonds. The van der Waals surface area contributed by atoms with Crippen LogP contribution in [0.1, 0.15) is 47.6 Å². The van der Waals surface area contributed by atoms with E-state index in [0.29, 0.717) is 34.4 Å². The monoisotopic (exact) mass is 512 g/mol. The van der Waals surface area contributed by atoms with Gasteiger partial charge in [0.2, 0.25) is 17.6 Å². The second-order valence-corrected chi connectivity index (χ2v) is 9.08. The molecule has 5 rings (SSSR count). The van der Waals surface area contributed by atoms with Crippen molar-refractivity contribution >= 4 is 23.3 Å². The van der Waals surface area contributed by atoms with Crippen LogP contribution in [0.3, 0.4) is 0 Å². The summed E-state index contributed by atoms with van der Waals surface area (Å²) in [7, 11) is 1.58. The average molecular weight is 513 g/mol. The highest BCUT2D eigenvalue weighted by Crippen LogP contribution is 2.33. The zero-order valence-corrected chi connectivity index (χ0v) is 21.2. The number of aromatic nitrogens is 3. The largest absolute Gasteiger partial charge is 0.497 e. The van der Waals surface area contributed by atoms with Crippen molar-refractivity contribution in [2.75, 3.05) is 24.3 Å². The van der Waals surface area contributed by atoms with Gasteiger partial charge in [0.05, 0.1) is 13.2 Å². The van der Waals surface area contributed by atoms with E-state index in [4.69, 9.17) is 9.26 Å². The third-order valence-corrected chi connectivity index (χ3v) is 6.37. The van der Waals surface area contributed by atoms with Gasteiger partial charge in [-0.2, -0.15) is 4.98 Å². The average Bonchev–Trinajstić information content (AvgIpc) is 3.60. The van der Waals surface area contributed by atoms with Crippen LogP contribution in [0.4, 0.5) is 11.5 Å². The number of methoxy groups -OCH3 is 1. The van der Waals surface area contributed by atoms with E-state index < -0.39 is 0 Å². The molecule has 3 heterocycles. The van der Waals surface area contributed by atoms with Crippen molar-refractivity contribution in [3.63, 3.8) is 0 Å². The maximum absolute atomic E-state index is 12.5. The lowest BCUT2D eigenvalue weighted by Gasteiger charge is -2.21. The molecule has 1 unspecified atom stereocenters. The van der Waals surface area contributed by atoms with Crippen molar-refractivity contribution in [2.45, 2.75) is 32.4 Å². The molecule has 0 radical (unpaired) electrons. The molecule has 4 aromatic rings. The number of hydrogen-bond donors (Lipinski definition) is 2. The molecule has 0 bridgehead atoms. The SMILES string of the molecule is COc1ccc(C(=O)Nc2ccc(-c3noc(C4CCCN4Cc4ccc(NC(C)=O)cc4)n3)cn2)cc1. The summed E-state index contributed by atoms with van der Waals surface area (Å²) in [5.41, 5.74) is 3.12.